The Morgan fingerprint density at radius 1 is 1.33 bits per heavy atom. The highest BCUT2D eigenvalue weighted by atomic mass is 16.4. The summed E-state index contributed by atoms with van der Waals surface area (Å²) >= 11 is 0. The number of carboxylic acids is 1. The van der Waals surface area contributed by atoms with Crippen LogP contribution >= 0.6 is 0 Å². The van der Waals surface area contributed by atoms with Crippen LogP contribution in [-0.2, 0) is 9.59 Å². The fraction of sp³-hybridized carbons (Fsp3) is 0.846. The first-order valence-electron chi connectivity index (χ1n) is 6.73. The van der Waals surface area contributed by atoms with Crippen molar-refractivity contribution >= 4 is 11.9 Å². The van der Waals surface area contributed by atoms with Gasteiger partial charge < -0.3 is 16.2 Å². The predicted octanol–water partition coefficient (Wildman–Crippen LogP) is 1.27. The highest BCUT2D eigenvalue weighted by Crippen LogP contribution is 2.27. The van der Waals surface area contributed by atoms with Gasteiger partial charge in [0.05, 0.1) is 5.54 Å². The number of hydrogen-bond donors (Lipinski definition) is 3. The second-order valence-electron chi connectivity index (χ2n) is 5.45. The van der Waals surface area contributed by atoms with Crippen LogP contribution in [0.4, 0.5) is 0 Å². The van der Waals surface area contributed by atoms with E-state index in [2.05, 4.69) is 5.32 Å². The van der Waals surface area contributed by atoms with Crippen LogP contribution in [-0.4, -0.2) is 29.1 Å². The molecular formula is C13H24N2O3. The molecule has 1 aliphatic carbocycles. The molecule has 1 fully saturated rings. The largest absolute Gasteiger partial charge is 0.481 e. The first-order chi connectivity index (χ1) is 8.44. The van der Waals surface area contributed by atoms with Crippen molar-refractivity contribution in [1.29, 1.82) is 0 Å². The van der Waals surface area contributed by atoms with E-state index >= 15 is 0 Å². The van der Waals surface area contributed by atoms with Gasteiger partial charge in [0.2, 0.25) is 5.91 Å². The first kappa shape index (κ1) is 15.0. The van der Waals surface area contributed by atoms with Crippen molar-refractivity contribution in [3.63, 3.8) is 0 Å². The summed E-state index contributed by atoms with van der Waals surface area (Å²) in [5.41, 5.74) is 5.37. The Hall–Kier alpha value is -1.10. The average Bonchev–Trinajstić information content (AvgIpc) is 2.74. The average molecular weight is 256 g/mol. The number of nitrogens with one attached hydrogen (secondary N) is 1. The lowest BCUT2D eigenvalue weighted by Gasteiger charge is -2.22. The quantitative estimate of drug-likeness (QED) is 0.639. The maximum Gasteiger partial charge on any atom is 0.303 e. The lowest BCUT2D eigenvalue weighted by molar-refractivity contribution is -0.137. The molecule has 0 heterocycles. The van der Waals surface area contributed by atoms with E-state index in [1.54, 1.807) is 0 Å². The van der Waals surface area contributed by atoms with E-state index in [1.165, 1.54) is 0 Å². The molecule has 0 spiro atoms. The number of amides is 1. The van der Waals surface area contributed by atoms with Crippen molar-refractivity contribution in [2.75, 3.05) is 6.54 Å². The minimum atomic E-state index is -0.766. The molecule has 1 aliphatic rings. The van der Waals surface area contributed by atoms with Crippen molar-refractivity contribution in [3.8, 4) is 0 Å². The smallest absolute Gasteiger partial charge is 0.303 e. The van der Waals surface area contributed by atoms with Gasteiger partial charge in [0.15, 0.2) is 0 Å². The molecule has 0 bridgehead atoms. The molecule has 1 unspecified atom stereocenters. The molecule has 0 saturated heterocycles. The Bertz CT molecular complexity index is 299. The normalized spacial score (nSPS) is 19.4. The number of carbonyl (C=O) groups is 2. The molecule has 5 nitrogen and oxygen atoms in total. The zero-order valence-corrected chi connectivity index (χ0v) is 11.1. The van der Waals surface area contributed by atoms with Crippen molar-refractivity contribution in [2.45, 2.75) is 57.4 Å². The van der Waals surface area contributed by atoms with E-state index < -0.39 is 11.5 Å². The van der Waals surface area contributed by atoms with Crippen LogP contribution in [0.3, 0.4) is 0 Å². The molecule has 1 atom stereocenters. The summed E-state index contributed by atoms with van der Waals surface area (Å²) in [5, 5.41) is 11.4. The molecular weight excluding hydrogens is 232 g/mol. The maximum atomic E-state index is 11.9. The van der Waals surface area contributed by atoms with Gasteiger partial charge in [-0.3, -0.25) is 9.59 Å². The highest BCUT2D eigenvalue weighted by molar-refractivity contribution is 5.86. The van der Waals surface area contributed by atoms with Gasteiger partial charge in [0, 0.05) is 13.0 Å². The van der Waals surface area contributed by atoms with Crippen LogP contribution < -0.4 is 11.1 Å². The number of carboxylic acid groups (broad SMARTS) is 1. The fourth-order valence-corrected chi connectivity index (χ4v) is 2.36. The molecule has 1 rings (SSSR count). The Morgan fingerprint density at radius 2 is 1.94 bits per heavy atom. The van der Waals surface area contributed by atoms with Gasteiger partial charge in [0.1, 0.15) is 0 Å². The van der Waals surface area contributed by atoms with E-state index in [4.69, 9.17) is 10.8 Å². The molecule has 0 radical (unpaired) electrons. The number of nitrogens with two attached hydrogens (primary N) is 1. The molecule has 0 aromatic rings. The zero-order valence-electron chi connectivity index (χ0n) is 11.1. The van der Waals surface area contributed by atoms with Gasteiger partial charge in [0.25, 0.3) is 0 Å². The topological polar surface area (TPSA) is 92.4 Å². The Labute approximate surface area is 108 Å². The minimum absolute atomic E-state index is 0.0505. The van der Waals surface area contributed by atoms with Crippen LogP contribution in [0, 0.1) is 5.92 Å². The minimum Gasteiger partial charge on any atom is -0.481 e. The highest BCUT2D eigenvalue weighted by Gasteiger charge is 2.36. The van der Waals surface area contributed by atoms with Gasteiger partial charge in [-0.1, -0.05) is 19.8 Å². The third-order valence-corrected chi connectivity index (χ3v) is 3.72. The SMILES string of the molecule is CC(CCNC(=O)C1(N)CCCC1)CCC(=O)O. The fourth-order valence-electron chi connectivity index (χ4n) is 2.36. The first-order valence-corrected chi connectivity index (χ1v) is 6.73. The zero-order chi connectivity index (χ0) is 13.6. The molecule has 4 N–H and O–H groups in total. The van der Waals surface area contributed by atoms with Crippen LogP contribution in [0.25, 0.3) is 0 Å². The summed E-state index contributed by atoms with van der Waals surface area (Å²) in [7, 11) is 0. The summed E-state index contributed by atoms with van der Waals surface area (Å²) in [4.78, 5) is 22.3. The van der Waals surface area contributed by atoms with Crippen LogP contribution in [0.2, 0.25) is 0 Å². The van der Waals surface area contributed by atoms with Crippen molar-refractivity contribution in [1.82, 2.24) is 5.32 Å². The second kappa shape index (κ2) is 6.73. The second-order valence-corrected chi connectivity index (χ2v) is 5.45. The lowest BCUT2D eigenvalue weighted by Crippen LogP contribution is -2.52. The standard InChI is InChI=1S/C13H24N2O3/c1-10(4-5-11(16)17)6-9-15-12(18)13(14)7-2-3-8-13/h10H,2-9,14H2,1H3,(H,15,18)(H,16,17). The summed E-state index contributed by atoms with van der Waals surface area (Å²) in [6, 6.07) is 0. The molecule has 1 saturated carbocycles. The van der Waals surface area contributed by atoms with Gasteiger partial charge in [-0.15, -0.1) is 0 Å². The van der Waals surface area contributed by atoms with Crippen molar-refractivity contribution < 1.29 is 14.7 Å². The van der Waals surface area contributed by atoms with E-state index in [1.807, 2.05) is 6.92 Å². The monoisotopic (exact) mass is 256 g/mol. The predicted molar refractivity (Wildman–Crippen MR) is 69.0 cm³/mol. The molecule has 0 aromatic heterocycles. The number of carbonyl (C=O) groups excluding carboxylic acids is 1. The van der Waals surface area contributed by atoms with E-state index in [9.17, 15) is 9.59 Å². The molecule has 0 aromatic carbocycles. The molecule has 5 heteroatoms. The van der Waals surface area contributed by atoms with E-state index in [0.717, 1.165) is 32.1 Å². The lowest BCUT2D eigenvalue weighted by atomic mass is 9.97. The molecule has 1 amide bonds. The number of hydrogen-bond acceptors (Lipinski definition) is 3. The summed E-state index contributed by atoms with van der Waals surface area (Å²) in [6.45, 7) is 2.58. The van der Waals surface area contributed by atoms with Crippen LogP contribution in [0.1, 0.15) is 51.9 Å². The maximum absolute atomic E-state index is 11.9. The van der Waals surface area contributed by atoms with E-state index in [-0.39, 0.29) is 12.3 Å². The van der Waals surface area contributed by atoms with Gasteiger partial charge in [-0.25, -0.2) is 0 Å². The third kappa shape index (κ3) is 4.64. The number of aliphatic carboxylic acids is 1. The summed E-state index contributed by atoms with van der Waals surface area (Å²) in [5.74, 6) is -0.512. The Kier molecular flexibility index (Phi) is 5.59. The summed E-state index contributed by atoms with van der Waals surface area (Å²) < 4.78 is 0. The van der Waals surface area contributed by atoms with Crippen molar-refractivity contribution in [2.24, 2.45) is 11.7 Å². The molecule has 18 heavy (non-hydrogen) atoms. The van der Waals surface area contributed by atoms with E-state index in [0.29, 0.717) is 18.9 Å². The third-order valence-electron chi connectivity index (χ3n) is 3.72. The van der Waals surface area contributed by atoms with Crippen LogP contribution in [0.5, 0.6) is 0 Å². The van der Waals surface area contributed by atoms with Gasteiger partial charge in [-0.2, -0.15) is 0 Å². The summed E-state index contributed by atoms with van der Waals surface area (Å²) in [6.07, 6.45) is 5.24. The van der Waals surface area contributed by atoms with Gasteiger partial charge in [-0.05, 0) is 31.6 Å². The molecule has 104 valence electrons. The van der Waals surface area contributed by atoms with Crippen molar-refractivity contribution in [3.05, 3.63) is 0 Å². The van der Waals surface area contributed by atoms with Crippen LogP contribution in [0.15, 0.2) is 0 Å². The molecule has 0 aliphatic heterocycles. The Balaban J connectivity index is 2.17. The van der Waals surface area contributed by atoms with Gasteiger partial charge >= 0.3 is 5.97 Å². The Morgan fingerprint density at radius 3 is 2.50 bits per heavy atom. The number of rotatable bonds is 7.